The normalized spacial score (nSPS) is 12.2. The smallest absolute Gasteiger partial charge is 0.122 e. The Morgan fingerprint density at radius 2 is 1.92 bits per heavy atom. The highest BCUT2D eigenvalue weighted by Crippen LogP contribution is 2.24. The van der Waals surface area contributed by atoms with E-state index in [4.69, 9.17) is 21.3 Å². The molecule has 0 aliphatic carbocycles. The Kier molecular flexibility index (Phi) is 6.93. The van der Waals surface area contributed by atoms with Gasteiger partial charge in [0, 0.05) is 10.9 Å². The van der Waals surface area contributed by atoms with Crippen molar-refractivity contribution in [2.45, 2.75) is 39.3 Å². The summed E-state index contributed by atoms with van der Waals surface area (Å²) in [4.78, 5) is 4.70. The second-order valence-corrected chi connectivity index (χ2v) is 7.04. The Balaban J connectivity index is 0.00000243. The summed E-state index contributed by atoms with van der Waals surface area (Å²) >= 11 is 5.96. The van der Waals surface area contributed by atoms with Crippen molar-refractivity contribution in [3.63, 3.8) is 0 Å². The minimum absolute atomic E-state index is 0. The summed E-state index contributed by atoms with van der Waals surface area (Å²) in [5, 5.41) is 11.2. The number of hydrogen-bond donors (Lipinski definition) is 1. The van der Waals surface area contributed by atoms with Crippen LogP contribution >= 0.6 is 24.0 Å². The Hall–Kier alpha value is -1.75. The molecule has 1 atom stereocenters. The van der Waals surface area contributed by atoms with Crippen LogP contribution in [0.2, 0.25) is 5.02 Å². The predicted octanol–water partition coefficient (Wildman–Crippen LogP) is 4.98. The van der Waals surface area contributed by atoms with Crippen molar-refractivity contribution in [1.82, 2.24) is 9.55 Å². The van der Waals surface area contributed by atoms with Crippen molar-refractivity contribution in [3.05, 3.63) is 58.9 Å². The zero-order chi connectivity index (χ0) is 18.0. The molecule has 0 saturated heterocycles. The van der Waals surface area contributed by atoms with E-state index in [0.29, 0.717) is 11.6 Å². The molecule has 140 valence electrons. The van der Waals surface area contributed by atoms with Crippen LogP contribution in [0.1, 0.15) is 31.2 Å². The summed E-state index contributed by atoms with van der Waals surface area (Å²) < 4.78 is 7.86. The summed E-state index contributed by atoms with van der Waals surface area (Å²) in [5.74, 6) is 1.99. The molecule has 0 amide bonds. The zero-order valence-electron chi connectivity index (χ0n) is 15.1. The monoisotopic (exact) mass is 394 g/mol. The molecule has 4 nitrogen and oxygen atoms in total. The van der Waals surface area contributed by atoms with E-state index in [1.54, 1.807) is 6.07 Å². The second-order valence-electron chi connectivity index (χ2n) is 6.60. The Morgan fingerprint density at radius 3 is 2.62 bits per heavy atom. The van der Waals surface area contributed by atoms with E-state index in [2.05, 4.69) is 18.4 Å². The van der Waals surface area contributed by atoms with Crippen LogP contribution in [0, 0.1) is 6.92 Å². The van der Waals surface area contributed by atoms with E-state index in [-0.39, 0.29) is 24.9 Å². The van der Waals surface area contributed by atoms with E-state index >= 15 is 0 Å². The van der Waals surface area contributed by atoms with E-state index in [0.717, 1.165) is 28.2 Å². The fourth-order valence-corrected chi connectivity index (χ4v) is 3.18. The van der Waals surface area contributed by atoms with E-state index in [1.165, 1.54) is 0 Å². The van der Waals surface area contributed by atoms with Gasteiger partial charge in [-0.05, 0) is 42.8 Å². The lowest BCUT2D eigenvalue weighted by atomic mass is 10.2. The summed E-state index contributed by atoms with van der Waals surface area (Å²) in [5.41, 5.74) is 2.94. The molecule has 6 heteroatoms. The number of hydrogen-bond acceptors (Lipinski definition) is 3. The van der Waals surface area contributed by atoms with Gasteiger partial charge in [-0.1, -0.05) is 37.6 Å². The Morgan fingerprint density at radius 1 is 1.19 bits per heavy atom. The van der Waals surface area contributed by atoms with Crippen molar-refractivity contribution >= 4 is 35.0 Å². The average Bonchev–Trinajstić information content (AvgIpc) is 2.93. The van der Waals surface area contributed by atoms with Crippen molar-refractivity contribution in [3.8, 4) is 5.75 Å². The molecule has 1 heterocycles. The molecule has 26 heavy (non-hydrogen) atoms. The fourth-order valence-electron chi connectivity index (χ4n) is 2.95. The molecule has 2 aromatic carbocycles. The summed E-state index contributed by atoms with van der Waals surface area (Å²) in [6, 6.07) is 13.5. The average molecular weight is 395 g/mol. The number of halogens is 2. The molecule has 0 spiro atoms. The standard InChI is InChI=1S/C20H23ClN2O2.ClH/c1-13(2)20-22-17-6-4-5-7-18(17)23(20)11-16(24)12-25-19-9-8-15(21)10-14(19)3;/h4-10,13,16,24H,11-12H2,1-3H3;1H. The summed E-state index contributed by atoms with van der Waals surface area (Å²) in [6.45, 7) is 6.82. The maximum Gasteiger partial charge on any atom is 0.122 e. The molecule has 3 rings (SSSR count). The van der Waals surface area contributed by atoms with Crippen LogP contribution in [0.3, 0.4) is 0 Å². The number of aliphatic hydroxyl groups excluding tert-OH is 1. The maximum atomic E-state index is 10.5. The third-order valence-electron chi connectivity index (χ3n) is 4.16. The number of fused-ring (bicyclic) bond motifs is 1. The van der Waals surface area contributed by atoms with Crippen LogP contribution < -0.4 is 4.74 Å². The van der Waals surface area contributed by atoms with Gasteiger partial charge in [-0.3, -0.25) is 0 Å². The molecule has 0 radical (unpaired) electrons. The van der Waals surface area contributed by atoms with Gasteiger partial charge in [-0.25, -0.2) is 4.98 Å². The summed E-state index contributed by atoms with van der Waals surface area (Å²) in [6.07, 6.45) is -0.634. The number of rotatable bonds is 6. The van der Waals surface area contributed by atoms with Crippen molar-refractivity contribution in [1.29, 1.82) is 0 Å². The van der Waals surface area contributed by atoms with Gasteiger partial charge in [0.25, 0.3) is 0 Å². The first kappa shape index (κ1) is 20.6. The van der Waals surface area contributed by atoms with Crippen LogP contribution in [0.5, 0.6) is 5.75 Å². The van der Waals surface area contributed by atoms with E-state index in [1.807, 2.05) is 43.3 Å². The second kappa shape index (κ2) is 8.76. The molecule has 1 N–H and O–H groups in total. The number of aryl methyl sites for hydroxylation is 1. The molecular formula is C20H24Cl2N2O2. The van der Waals surface area contributed by atoms with E-state index in [9.17, 15) is 5.11 Å². The number of aliphatic hydroxyl groups is 1. The number of benzene rings is 2. The number of nitrogens with zero attached hydrogens (tertiary/aromatic N) is 2. The number of aromatic nitrogens is 2. The largest absolute Gasteiger partial charge is 0.491 e. The van der Waals surface area contributed by atoms with Gasteiger partial charge in [0.2, 0.25) is 0 Å². The lowest BCUT2D eigenvalue weighted by molar-refractivity contribution is 0.0922. The number of ether oxygens (including phenoxy) is 1. The molecule has 0 bridgehead atoms. The van der Waals surface area contributed by atoms with Gasteiger partial charge in [-0.15, -0.1) is 12.4 Å². The van der Waals surface area contributed by atoms with Crippen LogP contribution in [0.15, 0.2) is 42.5 Å². The molecule has 0 saturated carbocycles. The predicted molar refractivity (Wildman–Crippen MR) is 109 cm³/mol. The van der Waals surface area contributed by atoms with E-state index < -0.39 is 6.10 Å². The van der Waals surface area contributed by atoms with Crippen molar-refractivity contribution < 1.29 is 9.84 Å². The lowest BCUT2D eigenvalue weighted by Crippen LogP contribution is -2.25. The minimum atomic E-state index is -0.634. The highest BCUT2D eigenvalue weighted by molar-refractivity contribution is 6.30. The fraction of sp³-hybridized carbons (Fsp3) is 0.350. The molecule has 3 aromatic rings. The lowest BCUT2D eigenvalue weighted by Gasteiger charge is -2.17. The van der Waals surface area contributed by atoms with Crippen LogP contribution in [-0.2, 0) is 6.54 Å². The highest BCUT2D eigenvalue weighted by Gasteiger charge is 2.17. The molecule has 0 fully saturated rings. The summed E-state index contributed by atoms with van der Waals surface area (Å²) in [7, 11) is 0. The maximum absolute atomic E-state index is 10.5. The Bertz CT molecular complexity index is 877. The zero-order valence-corrected chi connectivity index (χ0v) is 16.7. The van der Waals surface area contributed by atoms with Gasteiger partial charge in [0.05, 0.1) is 17.6 Å². The number of para-hydroxylation sites is 2. The molecule has 0 aliphatic heterocycles. The van der Waals surface area contributed by atoms with Gasteiger partial charge >= 0.3 is 0 Å². The first-order chi connectivity index (χ1) is 12.0. The molecule has 1 aromatic heterocycles. The van der Waals surface area contributed by atoms with Gasteiger partial charge in [-0.2, -0.15) is 0 Å². The highest BCUT2D eigenvalue weighted by atomic mass is 35.5. The minimum Gasteiger partial charge on any atom is -0.491 e. The van der Waals surface area contributed by atoms with Crippen molar-refractivity contribution in [2.24, 2.45) is 0 Å². The van der Waals surface area contributed by atoms with Crippen LogP contribution in [0.25, 0.3) is 11.0 Å². The third-order valence-corrected chi connectivity index (χ3v) is 4.40. The molecule has 0 aliphatic rings. The first-order valence-electron chi connectivity index (χ1n) is 8.48. The Labute approximate surface area is 165 Å². The van der Waals surface area contributed by atoms with Crippen molar-refractivity contribution in [2.75, 3.05) is 6.61 Å². The van der Waals surface area contributed by atoms with Crippen LogP contribution in [0.4, 0.5) is 0 Å². The topological polar surface area (TPSA) is 47.3 Å². The van der Waals surface area contributed by atoms with Gasteiger partial charge < -0.3 is 14.4 Å². The molecule has 1 unspecified atom stereocenters. The van der Waals surface area contributed by atoms with Crippen LogP contribution in [-0.4, -0.2) is 27.4 Å². The SMILES string of the molecule is Cc1cc(Cl)ccc1OCC(O)Cn1c(C(C)C)nc2ccccc21.Cl. The van der Waals surface area contributed by atoms with Gasteiger partial charge in [0.1, 0.15) is 24.3 Å². The molecular weight excluding hydrogens is 371 g/mol. The van der Waals surface area contributed by atoms with Gasteiger partial charge in [0.15, 0.2) is 0 Å². The third kappa shape index (κ3) is 4.50. The quantitative estimate of drug-likeness (QED) is 0.640. The first-order valence-corrected chi connectivity index (χ1v) is 8.85. The number of imidazole rings is 1.